The number of carbonyl (C=O) groups excluding carboxylic acids is 1. The molecule has 0 bridgehead atoms. The zero-order chi connectivity index (χ0) is 8.43. The first kappa shape index (κ1) is 8.50. The second-order valence-corrected chi connectivity index (χ2v) is 2.79. The van der Waals surface area contributed by atoms with E-state index in [2.05, 4.69) is 0 Å². The maximum absolute atomic E-state index is 10.9. The van der Waals surface area contributed by atoms with Crippen molar-refractivity contribution in [2.45, 2.75) is 19.4 Å². The van der Waals surface area contributed by atoms with E-state index >= 15 is 0 Å². The Morgan fingerprint density at radius 1 is 1.73 bits per heavy atom. The molecule has 0 aromatic carbocycles. The molecule has 11 heavy (non-hydrogen) atoms. The molecule has 1 unspecified atom stereocenters. The first-order valence-corrected chi connectivity index (χ1v) is 3.78. The van der Waals surface area contributed by atoms with Crippen LogP contribution in [0, 0.1) is 0 Å². The minimum atomic E-state index is -0.703. The van der Waals surface area contributed by atoms with Crippen LogP contribution in [0.1, 0.15) is 13.3 Å². The first-order chi connectivity index (χ1) is 5.16. The van der Waals surface area contributed by atoms with Crippen molar-refractivity contribution in [3.63, 3.8) is 0 Å². The molecule has 3 heteroatoms. The third kappa shape index (κ3) is 1.52. The SMILES string of the molecule is CC=CC1=C(Cl)C(=O)CC1O. The molecule has 1 rings (SSSR count). The molecule has 60 valence electrons. The maximum Gasteiger partial charge on any atom is 0.177 e. The molecule has 0 fully saturated rings. The van der Waals surface area contributed by atoms with Gasteiger partial charge in [-0.05, 0) is 6.92 Å². The molecule has 1 aliphatic rings. The number of hydrogen-bond donors (Lipinski definition) is 1. The Bertz CT molecular complexity index is 240. The summed E-state index contributed by atoms with van der Waals surface area (Å²) in [5, 5.41) is 9.42. The minimum Gasteiger partial charge on any atom is -0.388 e. The number of carbonyl (C=O) groups is 1. The van der Waals surface area contributed by atoms with Crippen molar-refractivity contribution < 1.29 is 9.90 Å². The van der Waals surface area contributed by atoms with Crippen molar-refractivity contribution >= 4 is 17.4 Å². The molecule has 0 aromatic rings. The molecular formula is C8H9ClO2. The van der Waals surface area contributed by atoms with Crippen molar-refractivity contribution in [1.82, 2.24) is 0 Å². The van der Waals surface area contributed by atoms with Crippen molar-refractivity contribution in [1.29, 1.82) is 0 Å². The Morgan fingerprint density at radius 3 is 2.73 bits per heavy atom. The maximum atomic E-state index is 10.9. The second kappa shape index (κ2) is 3.20. The first-order valence-electron chi connectivity index (χ1n) is 3.40. The molecule has 0 saturated carbocycles. The third-order valence-corrected chi connectivity index (χ3v) is 2.01. The molecular weight excluding hydrogens is 164 g/mol. The largest absolute Gasteiger partial charge is 0.388 e. The lowest BCUT2D eigenvalue weighted by atomic mass is 10.2. The van der Waals surface area contributed by atoms with Crippen LogP contribution in [-0.2, 0) is 4.79 Å². The fraction of sp³-hybridized carbons (Fsp3) is 0.375. The Hall–Kier alpha value is -0.600. The predicted molar refractivity (Wildman–Crippen MR) is 43.3 cm³/mol. The number of allylic oxidation sites excluding steroid dienone is 2. The fourth-order valence-electron chi connectivity index (χ4n) is 1.05. The van der Waals surface area contributed by atoms with Crippen LogP contribution in [0.2, 0.25) is 0 Å². The number of Topliss-reactive ketones (excluding diaryl/α,β-unsaturated/α-hetero) is 1. The van der Waals surface area contributed by atoms with Crippen LogP contribution in [0.5, 0.6) is 0 Å². The van der Waals surface area contributed by atoms with Crippen LogP contribution in [-0.4, -0.2) is 17.0 Å². The highest BCUT2D eigenvalue weighted by atomic mass is 35.5. The van der Waals surface area contributed by atoms with Crippen LogP contribution in [0.3, 0.4) is 0 Å². The van der Waals surface area contributed by atoms with Gasteiger partial charge in [0.15, 0.2) is 5.78 Å². The van der Waals surface area contributed by atoms with Crippen molar-refractivity contribution in [3.8, 4) is 0 Å². The fourth-order valence-corrected chi connectivity index (χ4v) is 1.31. The average Bonchev–Trinajstić information content (AvgIpc) is 2.17. The van der Waals surface area contributed by atoms with E-state index in [4.69, 9.17) is 11.6 Å². The van der Waals surface area contributed by atoms with E-state index in [-0.39, 0.29) is 17.2 Å². The van der Waals surface area contributed by atoms with Crippen LogP contribution in [0.15, 0.2) is 22.8 Å². The van der Waals surface area contributed by atoms with Crippen molar-refractivity contribution in [2.24, 2.45) is 0 Å². The van der Waals surface area contributed by atoms with Gasteiger partial charge in [-0.1, -0.05) is 23.8 Å². The summed E-state index contributed by atoms with van der Waals surface area (Å²) in [6.07, 6.45) is 2.84. The average molecular weight is 173 g/mol. The Labute approximate surface area is 70.2 Å². The molecule has 0 aliphatic heterocycles. The molecule has 0 aromatic heterocycles. The minimum absolute atomic E-state index is 0.124. The molecule has 1 N–H and O–H groups in total. The van der Waals surface area contributed by atoms with E-state index in [9.17, 15) is 9.90 Å². The lowest BCUT2D eigenvalue weighted by Crippen LogP contribution is -2.04. The summed E-state index contributed by atoms with van der Waals surface area (Å²) >= 11 is 5.62. The van der Waals surface area contributed by atoms with Gasteiger partial charge in [-0.2, -0.15) is 0 Å². The van der Waals surface area contributed by atoms with Gasteiger partial charge >= 0.3 is 0 Å². The number of ketones is 1. The van der Waals surface area contributed by atoms with Gasteiger partial charge in [0.2, 0.25) is 0 Å². The second-order valence-electron chi connectivity index (χ2n) is 2.41. The van der Waals surface area contributed by atoms with Crippen LogP contribution >= 0.6 is 11.6 Å². The van der Waals surface area contributed by atoms with E-state index in [1.54, 1.807) is 12.2 Å². The molecule has 0 amide bonds. The number of aliphatic hydroxyl groups excluding tert-OH is 1. The van der Waals surface area contributed by atoms with Gasteiger partial charge in [0.1, 0.15) is 0 Å². The highest BCUT2D eigenvalue weighted by molar-refractivity contribution is 6.44. The monoisotopic (exact) mass is 172 g/mol. The van der Waals surface area contributed by atoms with Gasteiger partial charge in [0.25, 0.3) is 0 Å². The summed E-state index contributed by atoms with van der Waals surface area (Å²) in [5.41, 5.74) is 0.541. The van der Waals surface area contributed by atoms with E-state index in [0.717, 1.165) is 0 Å². The van der Waals surface area contributed by atoms with Gasteiger partial charge in [-0.25, -0.2) is 0 Å². The van der Waals surface area contributed by atoms with Gasteiger partial charge in [0.05, 0.1) is 11.1 Å². The van der Waals surface area contributed by atoms with E-state index < -0.39 is 6.10 Å². The smallest absolute Gasteiger partial charge is 0.177 e. The Balaban J connectivity index is 2.96. The summed E-state index contributed by atoms with van der Waals surface area (Å²) in [4.78, 5) is 10.9. The summed E-state index contributed by atoms with van der Waals surface area (Å²) in [7, 11) is 0. The van der Waals surface area contributed by atoms with Crippen molar-refractivity contribution in [2.75, 3.05) is 0 Å². The third-order valence-electron chi connectivity index (χ3n) is 1.58. The topological polar surface area (TPSA) is 37.3 Å². The lowest BCUT2D eigenvalue weighted by molar-refractivity contribution is -0.115. The molecule has 0 saturated heterocycles. The zero-order valence-corrected chi connectivity index (χ0v) is 6.93. The normalized spacial score (nSPS) is 25.7. The Morgan fingerprint density at radius 2 is 2.36 bits per heavy atom. The number of rotatable bonds is 1. The standard InChI is InChI=1S/C8H9ClO2/c1-2-3-5-6(10)4-7(11)8(5)9/h2-3,6,10H,4H2,1H3. The number of halogens is 1. The van der Waals surface area contributed by atoms with Crippen LogP contribution in [0.25, 0.3) is 0 Å². The Kier molecular flexibility index (Phi) is 2.47. The van der Waals surface area contributed by atoms with Crippen LogP contribution in [0.4, 0.5) is 0 Å². The quantitative estimate of drug-likeness (QED) is 0.649. The lowest BCUT2D eigenvalue weighted by Gasteiger charge is -1.99. The van der Waals surface area contributed by atoms with Gasteiger partial charge in [-0.3, -0.25) is 4.79 Å². The summed E-state index contributed by atoms with van der Waals surface area (Å²) < 4.78 is 0. The summed E-state index contributed by atoms with van der Waals surface area (Å²) in [6.45, 7) is 1.81. The predicted octanol–water partition coefficient (Wildman–Crippen LogP) is 1.39. The molecule has 1 aliphatic carbocycles. The highest BCUT2D eigenvalue weighted by Gasteiger charge is 2.27. The molecule has 0 spiro atoms. The van der Waals surface area contributed by atoms with E-state index in [1.807, 2.05) is 6.92 Å². The van der Waals surface area contributed by atoms with Crippen LogP contribution < -0.4 is 0 Å². The molecule has 0 radical (unpaired) electrons. The molecule has 0 heterocycles. The summed E-state index contributed by atoms with van der Waals surface area (Å²) in [6, 6.07) is 0. The van der Waals surface area contributed by atoms with E-state index in [1.165, 1.54) is 0 Å². The number of aliphatic hydroxyl groups is 1. The van der Waals surface area contributed by atoms with Gasteiger partial charge < -0.3 is 5.11 Å². The zero-order valence-electron chi connectivity index (χ0n) is 6.17. The highest BCUT2D eigenvalue weighted by Crippen LogP contribution is 2.27. The van der Waals surface area contributed by atoms with Gasteiger partial charge in [0, 0.05) is 12.0 Å². The summed E-state index contributed by atoms with van der Waals surface area (Å²) in [5.74, 6) is -0.174. The van der Waals surface area contributed by atoms with Crippen molar-refractivity contribution in [3.05, 3.63) is 22.8 Å². The number of hydrogen-bond acceptors (Lipinski definition) is 2. The molecule has 2 nitrogen and oxygen atoms in total. The molecule has 1 atom stereocenters. The van der Waals surface area contributed by atoms with Gasteiger partial charge in [-0.15, -0.1) is 0 Å². The van der Waals surface area contributed by atoms with E-state index in [0.29, 0.717) is 5.57 Å².